The fourth-order valence-corrected chi connectivity index (χ4v) is 3.08. The number of carbonyl (C=O) groups is 1. The van der Waals surface area contributed by atoms with Crippen molar-refractivity contribution in [2.24, 2.45) is 0 Å². The number of hydrogen-bond donors (Lipinski definition) is 1. The first-order valence-electron chi connectivity index (χ1n) is 6.73. The van der Waals surface area contributed by atoms with Crippen molar-refractivity contribution < 1.29 is 13.2 Å². The van der Waals surface area contributed by atoms with Gasteiger partial charge in [0.2, 0.25) is 5.91 Å². The lowest BCUT2D eigenvalue weighted by Gasteiger charge is -2.13. The van der Waals surface area contributed by atoms with E-state index >= 15 is 0 Å². The first-order chi connectivity index (χ1) is 10.4. The molecule has 1 N–H and O–H groups in total. The van der Waals surface area contributed by atoms with Crippen molar-refractivity contribution in [3.05, 3.63) is 54.6 Å². The minimum Gasteiger partial charge on any atom is -0.378 e. The number of nitrogens with one attached hydrogen (secondary N) is 1. The van der Waals surface area contributed by atoms with Gasteiger partial charge in [0.25, 0.3) is 0 Å². The summed E-state index contributed by atoms with van der Waals surface area (Å²) in [7, 11) is 0.212. The maximum Gasteiger partial charge on any atom is 0.239 e. The zero-order chi connectivity index (χ0) is 16.2. The molecule has 0 atom stereocenters. The van der Waals surface area contributed by atoms with Gasteiger partial charge in [-0.1, -0.05) is 18.2 Å². The second-order valence-electron chi connectivity index (χ2n) is 5.06. The van der Waals surface area contributed by atoms with Crippen LogP contribution in [0.2, 0.25) is 0 Å². The molecule has 0 bridgehead atoms. The third-order valence-corrected chi connectivity index (χ3v) is 4.72. The number of anilines is 2. The minimum atomic E-state index is -3.62. The van der Waals surface area contributed by atoms with E-state index in [0.717, 1.165) is 5.69 Å². The Balaban J connectivity index is 2.04. The van der Waals surface area contributed by atoms with Crippen LogP contribution in [-0.2, 0) is 14.6 Å². The minimum absolute atomic E-state index is 0.146. The van der Waals surface area contributed by atoms with E-state index < -0.39 is 21.5 Å². The Labute approximate surface area is 130 Å². The fraction of sp³-hybridized carbons (Fsp3) is 0.188. The van der Waals surface area contributed by atoms with Crippen molar-refractivity contribution >= 4 is 27.1 Å². The monoisotopic (exact) mass is 318 g/mol. The highest BCUT2D eigenvalue weighted by Crippen LogP contribution is 2.16. The lowest BCUT2D eigenvalue weighted by molar-refractivity contribution is -0.113. The van der Waals surface area contributed by atoms with Crippen LogP contribution in [0.25, 0.3) is 0 Å². The van der Waals surface area contributed by atoms with E-state index in [0.29, 0.717) is 5.69 Å². The zero-order valence-corrected chi connectivity index (χ0v) is 13.3. The molecule has 1 amide bonds. The van der Waals surface area contributed by atoms with Crippen LogP contribution >= 0.6 is 0 Å². The topological polar surface area (TPSA) is 66.5 Å². The molecule has 0 heterocycles. The lowest BCUT2D eigenvalue weighted by Crippen LogP contribution is -2.23. The maximum atomic E-state index is 12.1. The molecule has 0 aromatic heterocycles. The third-order valence-electron chi connectivity index (χ3n) is 3.09. The summed E-state index contributed by atoms with van der Waals surface area (Å²) < 4.78 is 24.2. The molecule has 0 saturated carbocycles. The second-order valence-corrected chi connectivity index (χ2v) is 7.05. The lowest BCUT2D eigenvalue weighted by atomic mass is 10.2. The summed E-state index contributed by atoms with van der Waals surface area (Å²) in [6, 6.07) is 15.1. The van der Waals surface area contributed by atoms with E-state index in [1.807, 2.05) is 31.1 Å². The van der Waals surface area contributed by atoms with Crippen LogP contribution in [0.15, 0.2) is 59.5 Å². The highest BCUT2D eigenvalue weighted by Gasteiger charge is 2.19. The van der Waals surface area contributed by atoms with Crippen LogP contribution in [0.4, 0.5) is 11.4 Å². The third kappa shape index (κ3) is 4.08. The molecule has 116 valence electrons. The van der Waals surface area contributed by atoms with Crippen molar-refractivity contribution in [3.63, 3.8) is 0 Å². The van der Waals surface area contributed by atoms with Gasteiger partial charge in [0.15, 0.2) is 9.84 Å². The molecule has 2 aromatic carbocycles. The molecule has 0 spiro atoms. The maximum absolute atomic E-state index is 12.1. The van der Waals surface area contributed by atoms with Crippen molar-refractivity contribution in [2.45, 2.75) is 4.90 Å². The summed E-state index contributed by atoms with van der Waals surface area (Å²) in [4.78, 5) is 14.0. The van der Waals surface area contributed by atoms with Crippen LogP contribution < -0.4 is 10.2 Å². The van der Waals surface area contributed by atoms with Gasteiger partial charge < -0.3 is 10.2 Å². The number of benzene rings is 2. The number of nitrogens with zero attached hydrogens (tertiary/aromatic N) is 1. The predicted octanol–water partition coefficient (Wildman–Crippen LogP) is 2.17. The molecule has 0 fully saturated rings. The van der Waals surface area contributed by atoms with Gasteiger partial charge in [0, 0.05) is 25.5 Å². The van der Waals surface area contributed by atoms with Crippen molar-refractivity contribution in [3.8, 4) is 0 Å². The molecule has 0 aliphatic rings. The highest BCUT2D eigenvalue weighted by molar-refractivity contribution is 7.92. The average molecular weight is 318 g/mol. The van der Waals surface area contributed by atoms with E-state index in [-0.39, 0.29) is 4.90 Å². The van der Waals surface area contributed by atoms with Gasteiger partial charge in [-0.05, 0) is 36.4 Å². The van der Waals surface area contributed by atoms with E-state index in [9.17, 15) is 13.2 Å². The molecule has 22 heavy (non-hydrogen) atoms. The standard InChI is InChI=1S/C16H18N2O3S/c1-18(2)14-10-8-13(9-11-14)17-16(19)12-22(20,21)15-6-4-3-5-7-15/h3-11H,12H2,1-2H3,(H,17,19). The van der Waals surface area contributed by atoms with Crippen LogP contribution in [0.3, 0.4) is 0 Å². The first kappa shape index (κ1) is 16.0. The normalized spacial score (nSPS) is 11.0. The number of carbonyl (C=O) groups excluding carboxylic acids is 1. The summed E-state index contributed by atoms with van der Waals surface area (Å²) in [6.07, 6.45) is 0. The van der Waals surface area contributed by atoms with Crippen LogP contribution in [-0.4, -0.2) is 34.2 Å². The Bertz CT molecular complexity index is 739. The van der Waals surface area contributed by atoms with E-state index in [4.69, 9.17) is 0 Å². The number of rotatable bonds is 5. The molecule has 2 aromatic rings. The Morgan fingerprint density at radius 1 is 1.00 bits per heavy atom. The Morgan fingerprint density at radius 2 is 1.59 bits per heavy atom. The highest BCUT2D eigenvalue weighted by atomic mass is 32.2. The van der Waals surface area contributed by atoms with Crippen LogP contribution in [0.5, 0.6) is 0 Å². The summed E-state index contributed by atoms with van der Waals surface area (Å²) >= 11 is 0. The van der Waals surface area contributed by atoms with E-state index in [2.05, 4.69) is 5.32 Å². The molecule has 0 aliphatic carbocycles. The van der Waals surface area contributed by atoms with Gasteiger partial charge in [0.05, 0.1) is 4.90 Å². The van der Waals surface area contributed by atoms with Crippen LogP contribution in [0.1, 0.15) is 0 Å². The number of amides is 1. The van der Waals surface area contributed by atoms with Gasteiger partial charge in [-0.3, -0.25) is 4.79 Å². The van der Waals surface area contributed by atoms with Crippen molar-refractivity contribution in [1.82, 2.24) is 0 Å². The van der Waals surface area contributed by atoms with Gasteiger partial charge in [-0.25, -0.2) is 8.42 Å². The van der Waals surface area contributed by atoms with Gasteiger partial charge in [-0.15, -0.1) is 0 Å². The quantitative estimate of drug-likeness (QED) is 0.917. The molecule has 0 radical (unpaired) electrons. The molecular weight excluding hydrogens is 300 g/mol. The van der Waals surface area contributed by atoms with Gasteiger partial charge >= 0.3 is 0 Å². The summed E-state index contributed by atoms with van der Waals surface area (Å²) in [6.45, 7) is 0. The Morgan fingerprint density at radius 3 is 2.14 bits per heavy atom. The predicted molar refractivity (Wildman–Crippen MR) is 87.9 cm³/mol. The zero-order valence-electron chi connectivity index (χ0n) is 12.5. The molecule has 6 heteroatoms. The Hall–Kier alpha value is -2.34. The van der Waals surface area contributed by atoms with Gasteiger partial charge in [-0.2, -0.15) is 0 Å². The number of hydrogen-bond acceptors (Lipinski definition) is 4. The SMILES string of the molecule is CN(C)c1ccc(NC(=O)CS(=O)(=O)c2ccccc2)cc1. The molecule has 2 rings (SSSR count). The fourth-order valence-electron chi connectivity index (χ4n) is 1.92. The smallest absolute Gasteiger partial charge is 0.239 e. The number of sulfone groups is 1. The van der Waals surface area contributed by atoms with Crippen LogP contribution in [0, 0.1) is 0 Å². The Kier molecular flexibility index (Phi) is 4.82. The van der Waals surface area contributed by atoms with Gasteiger partial charge in [0.1, 0.15) is 5.75 Å². The van der Waals surface area contributed by atoms with E-state index in [1.165, 1.54) is 12.1 Å². The summed E-state index contributed by atoms with van der Waals surface area (Å²) in [5.74, 6) is -1.13. The van der Waals surface area contributed by atoms with Crippen molar-refractivity contribution in [1.29, 1.82) is 0 Å². The second kappa shape index (κ2) is 6.62. The molecule has 0 saturated heterocycles. The summed E-state index contributed by atoms with van der Waals surface area (Å²) in [5.41, 5.74) is 1.56. The molecule has 0 aliphatic heterocycles. The van der Waals surface area contributed by atoms with E-state index in [1.54, 1.807) is 30.3 Å². The molecule has 0 unspecified atom stereocenters. The largest absolute Gasteiger partial charge is 0.378 e. The van der Waals surface area contributed by atoms with Crippen molar-refractivity contribution in [2.75, 3.05) is 30.1 Å². The molecular formula is C16H18N2O3S. The molecule has 5 nitrogen and oxygen atoms in total. The summed E-state index contributed by atoms with van der Waals surface area (Å²) in [5, 5.41) is 2.60. The average Bonchev–Trinajstić information content (AvgIpc) is 2.48. The first-order valence-corrected chi connectivity index (χ1v) is 8.39.